The lowest BCUT2D eigenvalue weighted by atomic mass is 10.0. The summed E-state index contributed by atoms with van der Waals surface area (Å²) < 4.78 is 0. The van der Waals surface area contributed by atoms with Crippen LogP contribution >= 0.6 is 0 Å². The van der Waals surface area contributed by atoms with Crippen LogP contribution in [-0.2, 0) is 0 Å². The van der Waals surface area contributed by atoms with Crippen LogP contribution in [0.2, 0.25) is 0 Å². The first-order valence-corrected chi connectivity index (χ1v) is 6.24. The third-order valence-electron chi connectivity index (χ3n) is 3.51. The van der Waals surface area contributed by atoms with Crippen LogP contribution in [0.25, 0.3) is 0 Å². The molecule has 16 heavy (non-hydrogen) atoms. The highest BCUT2D eigenvalue weighted by Crippen LogP contribution is 2.22. The second kappa shape index (κ2) is 5.46. The van der Waals surface area contributed by atoms with E-state index in [4.69, 9.17) is 0 Å². The maximum Gasteiger partial charge on any atom is 0.0804 e. The molecule has 0 amide bonds. The highest BCUT2D eigenvalue weighted by Gasteiger charge is 2.20. The predicted molar refractivity (Wildman–Crippen MR) is 66.3 cm³/mol. The van der Waals surface area contributed by atoms with Crippen LogP contribution in [0.3, 0.4) is 0 Å². The maximum absolute atomic E-state index is 10.1. The second-order valence-corrected chi connectivity index (χ2v) is 4.75. The molecular weight excluding hydrogens is 198 g/mol. The molecule has 1 saturated heterocycles. The van der Waals surface area contributed by atoms with E-state index in [1.54, 1.807) is 0 Å². The molecule has 2 heteroatoms. The second-order valence-electron chi connectivity index (χ2n) is 4.75. The van der Waals surface area contributed by atoms with Crippen molar-refractivity contribution in [3.8, 4) is 0 Å². The molecule has 2 nitrogen and oxygen atoms in total. The van der Waals surface area contributed by atoms with Crippen LogP contribution in [0.5, 0.6) is 0 Å². The zero-order chi connectivity index (χ0) is 11.4. The van der Waals surface area contributed by atoms with E-state index in [0.29, 0.717) is 6.04 Å². The van der Waals surface area contributed by atoms with E-state index in [0.717, 1.165) is 12.0 Å². The number of likely N-dealkylation sites (tertiary alicyclic amines) is 1. The van der Waals surface area contributed by atoms with E-state index in [1.165, 1.54) is 25.9 Å². The Labute approximate surface area is 97.9 Å². The van der Waals surface area contributed by atoms with Gasteiger partial charge in [-0.15, -0.1) is 0 Å². The number of hydrogen-bond donors (Lipinski definition) is 1. The molecule has 1 aliphatic heterocycles. The van der Waals surface area contributed by atoms with Crippen molar-refractivity contribution in [2.75, 3.05) is 13.1 Å². The van der Waals surface area contributed by atoms with Crippen molar-refractivity contribution in [3.05, 3.63) is 35.9 Å². The van der Waals surface area contributed by atoms with Crippen LogP contribution in [0.4, 0.5) is 0 Å². The summed E-state index contributed by atoms with van der Waals surface area (Å²) in [6.45, 7) is 4.61. The summed E-state index contributed by atoms with van der Waals surface area (Å²) in [4.78, 5) is 2.48. The summed E-state index contributed by atoms with van der Waals surface area (Å²) in [7, 11) is 0. The highest BCUT2D eigenvalue weighted by molar-refractivity contribution is 5.17. The molecule has 2 atom stereocenters. The van der Waals surface area contributed by atoms with E-state index >= 15 is 0 Å². The fraction of sp³-hybridized carbons (Fsp3) is 0.571. The van der Waals surface area contributed by atoms with Crippen LogP contribution < -0.4 is 0 Å². The van der Waals surface area contributed by atoms with Crippen molar-refractivity contribution in [2.45, 2.75) is 38.3 Å². The Kier molecular flexibility index (Phi) is 3.97. The molecule has 0 aromatic heterocycles. The Hall–Kier alpha value is -0.860. The third-order valence-corrected chi connectivity index (χ3v) is 3.51. The van der Waals surface area contributed by atoms with Gasteiger partial charge in [0.05, 0.1) is 6.10 Å². The Balaban J connectivity index is 1.89. The smallest absolute Gasteiger partial charge is 0.0804 e. The molecule has 1 heterocycles. The molecule has 0 radical (unpaired) electrons. The molecule has 1 aromatic rings. The number of aliphatic hydroxyl groups is 1. The molecule has 1 aliphatic rings. The summed E-state index contributed by atoms with van der Waals surface area (Å²) in [5, 5.41) is 10.1. The van der Waals surface area contributed by atoms with Crippen molar-refractivity contribution in [1.82, 2.24) is 4.90 Å². The minimum atomic E-state index is -0.322. The molecule has 1 N–H and O–H groups in total. The van der Waals surface area contributed by atoms with Gasteiger partial charge in [0.25, 0.3) is 0 Å². The predicted octanol–water partition coefficient (Wildman–Crippen LogP) is 2.59. The van der Waals surface area contributed by atoms with Crippen LogP contribution in [-0.4, -0.2) is 29.1 Å². The third kappa shape index (κ3) is 2.83. The van der Waals surface area contributed by atoms with Gasteiger partial charge in [-0.1, -0.05) is 30.3 Å². The molecule has 1 fully saturated rings. The number of benzene rings is 1. The first-order valence-electron chi connectivity index (χ1n) is 6.24. The van der Waals surface area contributed by atoms with E-state index in [1.807, 2.05) is 30.3 Å². The maximum atomic E-state index is 10.1. The van der Waals surface area contributed by atoms with E-state index in [-0.39, 0.29) is 6.10 Å². The van der Waals surface area contributed by atoms with Gasteiger partial charge in [0.15, 0.2) is 0 Å². The van der Waals surface area contributed by atoms with Crippen molar-refractivity contribution < 1.29 is 5.11 Å². The molecule has 2 rings (SSSR count). The van der Waals surface area contributed by atoms with Gasteiger partial charge < -0.3 is 10.0 Å². The van der Waals surface area contributed by atoms with Crippen LogP contribution in [0.15, 0.2) is 30.3 Å². The fourth-order valence-electron chi connectivity index (χ4n) is 2.47. The number of aliphatic hydroxyl groups excluding tert-OH is 1. The first kappa shape index (κ1) is 11.6. The quantitative estimate of drug-likeness (QED) is 0.841. The minimum absolute atomic E-state index is 0.322. The topological polar surface area (TPSA) is 23.5 Å². The molecule has 1 aromatic carbocycles. The number of nitrogens with zero attached hydrogens (tertiary/aromatic N) is 1. The summed E-state index contributed by atoms with van der Waals surface area (Å²) in [5.41, 5.74) is 1.04. The highest BCUT2D eigenvalue weighted by atomic mass is 16.3. The van der Waals surface area contributed by atoms with Gasteiger partial charge in [-0.25, -0.2) is 0 Å². The molecular formula is C14H21NO. The molecule has 2 unspecified atom stereocenters. The first-order chi connectivity index (χ1) is 7.77. The average molecular weight is 219 g/mol. The van der Waals surface area contributed by atoms with Gasteiger partial charge in [-0.3, -0.25) is 0 Å². The average Bonchev–Trinajstić information content (AvgIpc) is 2.83. The van der Waals surface area contributed by atoms with Crippen molar-refractivity contribution in [1.29, 1.82) is 0 Å². The van der Waals surface area contributed by atoms with E-state index in [9.17, 15) is 5.11 Å². The molecule has 0 spiro atoms. The van der Waals surface area contributed by atoms with E-state index < -0.39 is 0 Å². The molecule has 88 valence electrons. The standard InChI is InChI=1S/C14H21NO/c1-12(15-9-5-6-10-15)11-14(16)13-7-3-2-4-8-13/h2-4,7-8,12,14,16H,5-6,9-11H2,1H3. The largest absolute Gasteiger partial charge is 0.388 e. The normalized spacial score (nSPS) is 20.9. The van der Waals surface area contributed by atoms with Gasteiger partial charge in [-0.2, -0.15) is 0 Å². The zero-order valence-electron chi connectivity index (χ0n) is 9.97. The van der Waals surface area contributed by atoms with Gasteiger partial charge >= 0.3 is 0 Å². The Morgan fingerprint density at radius 1 is 1.19 bits per heavy atom. The van der Waals surface area contributed by atoms with Crippen LogP contribution in [0.1, 0.15) is 37.9 Å². The number of hydrogen-bond acceptors (Lipinski definition) is 2. The van der Waals surface area contributed by atoms with E-state index in [2.05, 4.69) is 11.8 Å². The lowest BCUT2D eigenvalue weighted by molar-refractivity contribution is 0.120. The summed E-state index contributed by atoms with van der Waals surface area (Å²) in [6, 6.07) is 10.4. The molecule has 0 bridgehead atoms. The van der Waals surface area contributed by atoms with Crippen molar-refractivity contribution in [2.24, 2.45) is 0 Å². The molecule has 0 saturated carbocycles. The number of rotatable bonds is 4. The summed E-state index contributed by atoms with van der Waals surface area (Å²) in [5.74, 6) is 0. The van der Waals surface area contributed by atoms with Crippen molar-refractivity contribution >= 4 is 0 Å². The summed E-state index contributed by atoms with van der Waals surface area (Å²) >= 11 is 0. The lowest BCUT2D eigenvalue weighted by Gasteiger charge is -2.26. The van der Waals surface area contributed by atoms with Gasteiger partial charge in [0, 0.05) is 6.04 Å². The molecule has 0 aliphatic carbocycles. The van der Waals surface area contributed by atoms with Gasteiger partial charge in [0.2, 0.25) is 0 Å². The monoisotopic (exact) mass is 219 g/mol. The van der Waals surface area contributed by atoms with Crippen LogP contribution in [0, 0.1) is 0 Å². The Morgan fingerprint density at radius 3 is 2.44 bits per heavy atom. The SMILES string of the molecule is CC(CC(O)c1ccccc1)N1CCCC1. The fourth-order valence-corrected chi connectivity index (χ4v) is 2.47. The van der Waals surface area contributed by atoms with Crippen molar-refractivity contribution in [3.63, 3.8) is 0 Å². The summed E-state index contributed by atoms with van der Waals surface area (Å²) in [6.07, 6.45) is 3.14. The zero-order valence-corrected chi connectivity index (χ0v) is 9.97. The van der Waals surface area contributed by atoms with Gasteiger partial charge in [0.1, 0.15) is 0 Å². The Bertz CT molecular complexity index is 306. The lowest BCUT2D eigenvalue weighted by Crippen LogP contribution is -2.31. The Morgan fingerprint density at radius 2 is 1.81 bits per heavy atom. The minimum Gasteiger partial charge on any atom is -0.388 e. The van der Waals surface area contributed by atoms with Gasteiger partial charge in [-0.05, 0) is 44.8 Å².